The first-order valence-corrected chi connectivity index (χ1v) is 9.45. The number of benzene rings is 5. The molecule has 0 radical (unpaired) electrons. The molecule has 27 heavy (non-hydrogen) atoms. The van der Waals surface area contributed by atoms with Crippen molar-refractivity contribution in [1.29, 1.82) is 0 Å². The van der Waals surface area contributed by atoms with Gasteiger partial charge in [0.2, 0.25) is 0 Å². The quantitative estimate of drug-likeness (QED) is 0.278. The average molecular weight is 365 g/mol. The minimum Gasteiger partial charge on any atom is -0.0843 e. The summed E-state index contributed by atoms with van der Waals surface area (Å²) in [5.74, 6) is 0. The van der Waals surface area contributed by atoms with E-state index in [2.05, 4.69) is 91.0 Å². The Kier molecular flexibility index (Phi) is 3.92. The second-order valence-electron chi connectivity index (χ2n) is 6.71. The van der Waals surface area contributed by atoms with Crippen LogP contribution in [0.2, 0.25) is 5.02 Å². The Bertz CT molecular complexity index is 1200. The van der Waals surface area contributed by atoms with E-state index < -0.39 is 0 Å². The predicted octanol–water partition coefficient (Wildman–Crippen LogP) is 7.98. The summed E-state index contributed by atoms with van der Waals surface area (Å²) in [6.07, 6.45) is 0. The molecule has 0 bridgehead atoms. The maximum atomic E-state index is 6.14. The molecule has 0 saturated carbocycles. The summed E-state index contributed by atoms with van der Waals surface area (Å²) in [5.41, 5.74) is 4.98. The first kappa shape index (κ1) is 16.1. The van der Waals surface area contributed by atoms with Crippen molar-refractivity contribution in [1.82, 2.24) is 0 Å². The molecule has 0 aromatic heterocycles. The van der Waals surface area contributed by atoms with Gasteiger partial charge in [-0.3, -0.25) is 0 Å². The average Bonchev–Trinajstić information content (AvgIpc) is 2.73. The van der Waals surface area contributed by atoms with E-state index in [4.69, 9.17) is 11.6 Å². The standard InChI is InChI=1S/C26H17Cl/c27-20-16-14-19(15-17-20)26-23-12-6-4-10-21(23)25(18-8-2-1-3-9-18)22-11-5-7-13-24(22)26/h1-17H. The Morgan fingerprint density at radius 3 is 1.19 bits per heavy atom. The van der Waals surface area contributed by atoms with E-state index in [1.54, 1.807) is 0 Å². The molecular weight excluding hydrogens is 348 g/mol. The molecule has 0 aliphatic rings. The highest BCUT2D eigenvalue weighted by molar-refractivity contribution is 6.30. The van der Waals surface area contributed by atoms with Gasteiger partial charge in [0.05, 0.1) is 0 Å². The summed E-state index contributed by atoms with van der Waals surface area (Å²) < 4.78 is 0. The molecule has 5 aromatic carbocycles. The van der Waals surface area contributed by atoms with Crippen LogP contribution in [0.5, 0.6) is 0 Å². The largest absolute Gasteiger partial charge is 0.0843 e. The van der Waals surface area contributed by atoms with E-state index in [9.17, 15) is 0 Å². The van der Waals surface area contributed by atoms with Crippen LogP contribution in [0.25, 0.3) is 43.8 Å². The molecule has 5 rings (SSSR count). The lowest BCUT2D eigenvalue weighted by molar-refractivity contribution is 1.65. The monoisotopic (exact) mass is 364 g/mol. The van der Waals surface area contributed by atoms with Crippen LogP contribution in [0.1, 0.15) is 0 Å². The van der Waals surface area contributed by atoms with Gasteiger partial charge in [-0.15, -0.1) is 0 Å². The summed E-state index contributed by atoms with van der Waals surface area (Å²) in [4.78, 5) is 0. The van der Waals surface area contributed by atoms with Gasteiger partial charge < -0.3 is 0 Å². The van der Waals surface area contributed by atoms with Crippen LogP contribution in [0, 0.1) is 0 Å². The van der Waals surface area contributed by atoms with Gasteiger partial charge in [0.1, 0.15) is 0 Å². The zero-order valence-electron chi connectivity index (χ0n) is 14.7. The van der Waals surface area contributed by atoms with Gasteiger partial charge in [-0.1, -0.05) is 103 Å². The zero-order chi connectivity index (χ0) is 18.2. The smallest absolute Gasteiger partial charge is 0.0406 e. The van der Waals surface area contributed by atoms with Crippen molar-refractivity contribution >= 4 is 33.1 Å². The second kappa shape index (κ2) is 6.57. The molecule has 0 aliphatic heterocycles. The summed E-state index contributed by atoms with van der Waals surface area (Å²) >= 11 is 6.14. The molecule has 0 aliphatic carbocycles. The van der Waals surface area contributed by atoms with Crippen molar-refractivity contribution in [3.63, 3.8) is 0 Å². The Labute approximate surface area is 163 Å². The lowest BCUT2D eigenvalue weighted by atomic mass is 9.86. The number of rotatable bonds is 2. The molecular formula is C26H17Cl. The van der Waals surface area contributed by atoms with Gasteiger partial charge in [0.25, 0.3) is 0 Å². The summed E-state index contributed by atoms with van der Waals surface area (Å²) in [6, 6.07) is 36.2. The fraction of sp³-hybridized carbons (Fsp3) is 0. The van der Waals surface area contributed by atoms with Gasteiger partial charge in [0.15, 0.2) is 0 Å². The highest BCUT2D eigenvalue weighted by Gasteiger charge is 2.15. The molecule has 0 saturated heterocycles. The molecule has 0 nitrogen and oxygen atoms in total. The Morgan fingerprint density at radius 2 is 0.741 bits per heavy atom. The molecule has 1 heteroatoms. The van der Waals surface area contributed by atoms with E-state index in [0.717, 1.165) is 5.02 Å². The normalized spacial score (nSPS) is 11.1. The summed E-state index contributed by atoms with van der Waals surface area (Å²) in [5, 5.41) is 5.82. The Hall–Kier alpha value is -3.09. The molecule has 5 aromatic rings. The van der Waals surface area contributed by atoms with Crippen LogP contribution in [-0.4, -0.2) is 0 Å². The lowest BCUT2D eigenvalue weighted by Gasteiger charge is -2.17. The molecule has 128 valence electrons. The first-order chi connectivity index (χ1) is 13.3. The van der Waals surface area contributed by atoms with Crippen molar-refractivity contribution in [2.24, 2.45) is 0 Å². The topological polar surface area (TPSA) is 0 Å². The molecule has 0 heterocycles. The highest BCUT2D eigenvalue weighted by atomic mass is 35.5. The molecule has 0 N–H and O–H groups in total. The minimum atomic E-state index is 0.758. The van der Waals surface area contributed by atoms with Crippen LogP contribution in [0.15, 0.2) is 103 Å². The van der Waals surface area contributed by atoms with Gasteiger partial charge in [-0.2, -0.15) is 0 Å². The molecule has 0 amide bonds. The van der Waals surface area contributed by atoms with Crippen molar-refractivity contribution in [3.05, 3.63) is 108 Å². The molecule has 0 spiro atoms. The molecule has 0 unspecified atom stereocenters. The Balaban J connectivity index is 1.99. The third-order valence-electron chi connectivity index (χ3n) is 5.13. The van der Waals surface area contributed by atoms with Gasteiger partial charge >= 0.3 is 0 Å². The van der Waals surface area contributed by atoms with Crippen molar-refractivity contribution in [2.75, 3.05) is 0 Å². The fourth-order valence-corrected chi connectivity index (χ4v) is 4.10. The number of hydrogen-bond donors (Lipinski definition) is 0. The van der Waals surface area contributed by atoms with E-state index in [0.29, 0.717) is 0 Å². The summed E-state index contributed by atoms with van der Waals surface area (Å²) in [6.45, 7) is 0. The fourth-order valence-electron chi connectivity index (χ4n) is 3.97. The van der Waals surface area contributed by atoms with Crippen molar-refractivity contribution < 1.29 is 0 Å². The van der Waals surface area contributed by atoms with Gasteiger partial charge in [0, 0.05) is 5.02 Å². The van der Waals surface area contributed by atoms with Crippen LogP contribution in [0.3, 0.4) is 0 Å². The number of hydrogen-bond acceptors (Lipinski definition) is 0. The van der Waals surface area contributed by atoms with Crippen LogP contribution in [0.4, 0.5) is 0 Å². The minimum absolute atomic E-state index is 0.758. The predicted molar refractivity (Wildman–Crippen MR) is 117 cm³/mol. The first-order valence-electron chi connectivity index (χ1n) is 9.08. The van der Waals surface area contributed by atoms with E-state index >= 15 is 0 Å². The SMILES string of the molecule is Clc1ccc(-c2c3ccccc3c(-c3ccccc3)c3ccccc23)cc1. The van der Waals surface area contributed by atoms with Crippen LogP contribution in [-0.2, 0) is 0 Å². The van der Waals surface area contributed by atoms with E-state index in [-0.39, 0.29) is 0 Å². The Morgan fingerprint density at radius 1 is 0.370 bits per heavy atom. The van der Waals surface area contributed by atoms with Crippen molar-refractivity contribution in [3.8, 4) is 22.3 Å². The van der Waals surface area contributed by atoms with Crippen LogP contribution < -0.4 is 0 Å². The lowest BCUT2D eigenvalue weighted by Crippen LogP contribution is -1.90. The number of halogens is 1. The number of fused-ring (bicyclic) bond motifs is 2. The summed E-state index contributed by atoms with van der Waals surface area (Å²) in [7, 11) is 0. The second-order valence-corrected chi connectivity index (χ2v) is 7.15. The molecule has 0 fully saturated rings. The van der Waals surface area contributed by atoms with Crippen LogP contribution >= 0.6 is 11.6 Å². The maximum Gasteiger partial charge on any atom is 0.0406 e. The third-order valence-corrected chi connectivity index (χ3v) is 5.38. The van der Waals surface area contributed by atoms with E-state index in [1.165, 1.54) is 43.8 Å². The van der Waals surface area contributed by atoms with Gasteiger partial charge in [-0.25, -0.2) is 0 Å². The van der Waals surface area contributed by atoms with Gasteiger partial charge in [-0.05, 0) is 55.9 Å². The van der Waals surface area contributed by atoms with E-state index in [1.807, 2.05) is 12.1 Å². The third kappa shape index (κ3) is 2.70. The van der Waals surface area contributed by atoms with Crippen molar-refractivity contribution in [2.45, 2.75) is 0 Å². The maximum absolute atomic E-state index is 6.14. The zero-order valence-corrected chi connectivity index (χ0v) is 15.4. The molecule has 0 atom stereocenters. The highest BCUT2D eigenvalue weighted by Crippen LogP contribution is 2.43.